The van der Waals surface area contributed by atoms with Gasteiger partial charge in [0.15, 0.2) is 0 Å². The number of carbonyl (C=O) groups is 1. The molecule has 0 atom stereocenters. The van der Waals surface area contributed by atoms with E-state index in [2.05, 4.69) is 34.1 Å². The Bertz CT molecular complexity index is 1150. The van der Waals surface area contributed by atoms with Crippen LogP contribution in [-0.4, -0.2) is 51.5 Å². The number of hydrogen-bond acceptors (Lipinski definition) is 5. The smallest absolute Gasteiger partial charge is 0.242 e. The van der Waals surface area contributed by atoms with Gasteiger partial charge in [0.25, 0.3) is 0 Å². The van der Waals surface area contributed by atoms with Crippen LogP contribution >= 0.6 is 11.3 Å². The Hall–Kier alpha value is -3.45. The summed E-state index contributed by atoms with van der Waals surface area (Å²) in [6.45, 7) is 3.48. The van der Waals surface area contributed by atoms with Crippen molar-refractivity contribution in [1.82, 2.24) is 19.4 Å². The topological polar surface area (TPSA) is 54.3 Å². The first-order valence-corrected chi connectivity index (χ1v) is 11.2. The molecule has 0 unspecified atom stereocenters. The van der Waals surface area contributed by atoms with E-state index in [0.29, 0.717) is 6.54 Å². The fourth-order valence-corrected chi connectivity index (χ4v) is 4.59. The Kier molecular flexibility index (Phi) is 5.50. The first-order valence-electron chi connectivity index (χ1n) is 10.4. The van der Waals surface area contributed by atoms with Crippen LogP contribution < -0.4 is 4.90 Å². The van der Waals surface area contributed by atoms with E-state index in [9.17, 15) is 4.79 Å². The number of amides is 1. The zero-order chi connectivity index (χ0) is 21.0. The molecule has 0 N–H and O–H groups in total. The molecule has 2 aromatic carbocycles. The number of benzene rings is 2. The lowest BCUT2D eigenvalue weighted by molar-refractivity contribution is -0.132. The average molecular weight is 430 g/mol. The summed E-state index contributed by atoms with van der Waals surface area (Å²) in [4.78, 5) is 26.2. The van der Waals surface area contributed by atoms with Gasteiger partial charge in [0.05, 0.1) is 12.0 Å². The molecule has 1 aliphatic heterocycles. The van der Waals surface area contributed by atoms with Gasteiger partial charge in [-0.25, -0.2) is 9.97 Å². The van der Waals surface area contributed by atoms with Crippen LogP contribution in [0.15, 0.2) is 78.6 Å². The van der Waals surface area contributed by atoms with Gasteiger partial charge in [0, 0.05) is 49.0 Å². The van der Waals surface area contributed by atoms with E-state index >= 15 is 0 Å². The third-order valence-electron chi connectivity index (χ3n) is 5.50. The molecule has 1 saturated heterocycles. The highest BCUT2D eigenvalue weighted by atomic mass is 32.1. The summed E-state index contributed by atoms with van der Waals surface area (Å²) in [6, 6.07) is 20.5. The average Bonchev–Trinajstić information content (AvgIpc) is 3.50. The monoisotopic (exact) mass is 429 g/mol. The molecular formula is C24H23N5OS. The van der Waals surface area contributed by atoms with Crippen LogP contribution in [0.2, 0.25) is 0 Å². The Labute approximate surface area is 185 Å². The van der Waals surface area contributed by atoms with Crippen LogP contribution in [0.1, 0.15) is 0 Å². The van der Waals surface area contributed by atoms with Crippen molar-refractivity contribution in [2.45, 2.75) is 6.54 Å². The second-order valence-corrected chi connectivity index (χ2v) is 8.40. The summed E-state index contributed by atoms with van der Waals surface area (Å²) < 4.78 is 1.85. The first-order chi connectivity index (χ1) is 15.3. The van der Waals surface area contributed by atoms with Crippen LogP contribution in [0, 0.1) is 0 Å². The van der Waals surface area contributed by atoms with Gasteiger partial charge in [-0.15, -0.1) is 11.3 Å². The number of carbonyl (C=O) groups excluding carboxylic acids is 1. The molecule has 0 saturated carbocycles. The summed E-state index contributed by atoms with van der Waals surface area (Å²) in [5.74, 6) is 0.126. The molecule has 156 valence electrons. The number of hydrogen-bond donors (Lipinski definition) is 0. The number of nitrogens with zero attached hydrogens (tertiary/aromatic N) is 5. The van der Waals surface area contributed by atoms with Crippen LogP contribution in [0.5, 0.6) is 0 Å². The Balaban J connectivity index is 1.19. The van der Waals surface area contributed by atoms with Crippen LogP contribution in [0.4, 0.5) is 5.69 Å². The van der Waals surface area contributed by atoms with Gasteiger partial charge in [0.1, 0.15) is 17.2 Å². The molecule has 5 rings (SSSR count). The van der Waals surface area contributed by atoms with Gasteiger partial charge in [-0.2, -0.15) is 0 Å². The quantitative estimate of drug-likeness (QED) is 0.481. The van der Waals surface area contributed by atoms with E-state index in [4.69, 9.17) is 4.98 Å². The van der Waals surface area contributed by atoms with Crippen molar-refractivity contribution in [3.63, 3.8) is 0 Å². The number of anilines is 1. The number of aromatic nitrogens is 3. The van der Waals surface area contributed by atoms with E-state index < -0.39 is 0 Å². The normalized spacial score (nSPS) is 14.1. The number of imidazole rings is 1. The van der Waals surface area contributed by atoms with Crippen LogP contribution in [-0.2, 0) is 11.3 Å². The molecule has 4 aromatic rings. The molecule has 31 heavy (non-hydrogen) atoms. The third kappa shape index (κ3) is 4.36. The zero-order valence-electron chi connectivity index (χ0n) is 17.1. The van der Waals surface area contributed by atoms with Crippen molar-refractivity contribution < 1.29 is 4.79 Å². The van der Waals surface area contributed by atoms with Gasteiger partial charge in [0.2, 0.25) is 5.91 Å². The molecule has 0 spiro atoms. The Morgan fingerprint density at radius 3 is 2.35 bits per heavy atom. The molecule has 1 amide bonds. The maximum Gasteiger partial charge on any atom is 0.242 e. The SMILES string of the molecule is O=C(Cn1cnc(-c2nc(-c3ccccc3)cs2)c1)N1CCN(c2ccccc2)CC1. The van der Waals surface area contributed by atoms with Crippen molar-refractivity contribution in [3.05, 3.63) is 78.6 Å². The minimum atomic E-state index is 0.126. The van der Waals surface area contributed by atoms with Gasteiger partial charge >= 0.3 is 0 Å². The maximum atomic E-state index is 12.8. The molecule has 1 fully saturated rings. The molecule has 7 heteroatoms. The summed E-state index contributed by atoms with van der Waals surface area (Å²) in [7, 11) is 0. The van der Waals surface area contributed by atoms with Gasteiger partial charge < -0.3 is 14.4 Å². The molecule has 0 aliphatic carbocycles. The van der Waals surface area contributed by atoms with Crippen LogP contribution in [0.3, 0.4) is 0 Å². The third-order valence-corrected chi connectivity index (χ3v) is 6.36. The molecule has 0 radical (unpaired) electrons. The highest BCUT2D eigenvalue weighted by molar-refractivity contribution is 7.13. The minimum absolute atomic E-state index is 0.126. The van der Waals surface area contributed by atoms with E-state index in [0.717, 1.165) is 48.1 Å². The van der Waals surface area contributed by atoms with Gasteiger partial charge in [-0.1, -0.05) is 48.5 Å². The largest absolute Gasteiger partial charge is 0.368 e. The predicted molar refractivity (Wildman–Crippen MR) is 124 cm³/mol. The number of para-hydroxylation sites is 1. The highest BCUT2D eigenvalue weighted by Gasteiger charge is 2.21. The number of thiazole rings is 1. The van der Waals surface area contributed by atoms with Crippen LogP contribution in [0.25, 0.3) is 22.0 Å². The molecule has 0 bridgehead atoms. The Morgan fingerprint density at radius 2 is 1.61 bits per heavy atom. The van der Waals surface area contributed by atoms with E-state index in [-0.39, 0.29) is 5.91 Å². The summed E-state index contributed by atoms with van der Waals surface area (Å²) >= 11 is 1.57. The van der Waals surface area contributed by atoms with Crippen molar-refractivity contribution in [2.75, 3.05) is 31.1 Å². The van der Waals surface area contributed by atoms with Gasteiger partial charge in [-0.05, 0) is 12.1 Å². The predicted octanol–water partition coefficient (Wildman–Crippen LogP) is 4.02. The molecule has 3 heterocycles. The maximum absolute atomic E-state index is 12.8. The lowest BCUT2D eigenvalue weighted by Gasteiger charge is -2.36. The summed E-state index contributed by atoms with van der Waals surface area (Å²) in [6.07, 6.45) is 3.63. The lowest BCUT2D eigenvalue weighted by Crippen LogP contribution is -2.49. The second-order valence-electron chi connectivity index (χ2n) is 7.54. The van der Waals surface area contributed by atoms with E-state index in [1.165, 1.54) is 5.69 Å². The van der Waals surface area contributed by atoms with E-state index in [1.807, 2.05) is 57.4 Å². The standard InChI is InChI=1S/C24H23N5OS/c30-23(29-13-11-28(12-14-29)20-9-5-2-6-10-20)16-27-15-21(25-18-27)24-26-22(17-31-24)19-7-3-1-4-8-19/h1-10,15,17-18H,11-14,16H2. The van der Waals surface area contributed by atoms with E-state index in [1.54, 1.807) is 17.7 Å². The second kappa shape index (κ2) is 8.73. The summed E-state index contributed by atoms with van der Waals surface area (Å²) in [5.41, 5.74) is 4.05. The minimum Gasteiger partial charge on any atom is -0.368 e. The fraction of sp³-hybridized carbons (Fsp3) is 0.208. The molecule has 2 aromatic heterocycles. The molecule has 1 aliphatic rings. The van der Waals surface area contributed by atoms with Crippen molar-refractivity contribution in [3.8, 4) is 22.0 Å². The number of piperazine rings is 1. The number of rotatable bonds is 5. The fourth-order valence-electron chi connectivity index (χ4n) is 3.80. The highest BCUT2D eigenvalue weighted by Crippen LogP contribution is 2.27. The Morgan fingerprint density at radius 1 is 0.903 bits per heavy atom. The zero-order valence-corrected chi connectivity index (χ0v) is 17.9. The lowest BCUT2D eigenvalue weighted by atomic mass is 10.2. The first kappa shape index (κ1) is 19.5. The molecular weight excluding hydrogens is 406 g/mol. The van der Waals surface area contributed by atoms with Gasteiger partial charge in [-0.3, -0.25) is 4.79 Å². The summed E-state index contributed by atoms with van der Waals surface area (Å²) in [5, 5.41) is 2.91. The van der Waals surface area contributed by atoms with Crippen molar-refractivity contribution >= 4 is 22.9 Å². The van der Waals surface area contributed by atoms with Crippen molar-refractivity contribution in [1.29, 1.82) is 0 Å². The van der Waals surface area contributed by atoms with Crippen molar-refractivity contribution in [2.24, 2.45) is 0 Å². The molecule has 6 nitrogen and oxygen atoms in total.